The van der Waals surface area contributed by atoms with Crippen LogP contribution in [0.3, 0.4) is 0 Å². The van der Waals surface area contributed by atoms with Gasteiger partial charge < -0.3 is 30.1 Å². The monoisotopic (exact) mass is 749 g/mol. The predicted molar refractivity (Wildman–Crippen MR) is 183 cm³/mol. The molecule has 1 aromatic heterocycles. The molecule has 3 heterocycles. The van der Waals surface area contributed by atoms with E-state index in [4.69, 9.17) is 21.1 Å². The zero-order valence-corrected chi connectivity index (χ0v) is 29.9. The van der Waals surface area contributed by atoms with Crippen LogP contribution < -0.4 is 24.8 Å². The van der Waals surface area contributed by atoms with Gasteiger partial charge in [0.25, 0.3) is 15.9 Å². The summed E-state index contributed by atoms with van der Waals surface area (Å²) in [6.45, 7) is 3.62. The predicted octanol–water partition coefficient (Wildman–Crippen LogP) is 3.67. The number of methoxy groups -OCH3 is 1. The number of carboxylic acid groups (broad SMARTS) is 1. The lowest BCUT2D eigenvalue weighted by atomic mass is 9.88. The zero-order valence-electron chi connectivity index (χ0n) is 28.4. The van der Waals surface area contributed by atoms with Gasteiger partial charge in [-0.05, 0) is 61.1 Å². The van der Waals surface area contributed by atoms with Crippen LogP contribution in [0.2, 0.25) is 5.02 Å². The maximum absolute atomic E-state index is 14.7. The van der Waals surface area contributed by atoms with Crippen LogP contribution in [0.5, 0.6) is 11.6 Å². The number of allylic oxidation sites excluding steroid dienone is 1. The molecule has 0 unspecified atom stereocenters. The number of nitrogens with zero attached hydrogens (tertiary/aromatic N) is 2. The van der Waals surface area contributed by atoms with Crippen molar-refractivity contribution >= 4 is 56.2 Å². The fraction of sp³-hybridized carbons (Fsp3) is 0.559. The zero-order chi connectivity index (χ0) is 36.9. The fourth-order valence-electron chi connectivity index (χ4n) is 7.18. The quantitative estimate of drug-likeness (QED) is 0.304. The number of fused-ring (bicyclic) bond motifs is 3. The number of sulfonamides is 1. The van der Waals surface area contributed by atoms with E-state index < -0.39 is 74.4 Å². The largest absolute Gasteiger partial charge is 0.495 e. The maximum Gasteiger partial charge on any atom is 0.405 e. The number of nitrogens with one attached hydrogen (secondary N) is 3. The molecule has 4 N–H and O–H groups in total. The number of halogens is 2. The molecule has 2 aromatic rings. The van der Waals surface area contributed by atoms with Gasteiger partial charge in [-0.2, -0.15) is 0 Å². The molecule has 4 amide bonds. The van der Waals surface area contributed by atoms with Crippen LogP contribution in [0, 0.1) is 17.8 Å². The van der Waals surface area contributed by atoms with E-state index >= 15 is 0 Å². The second kappa shape index (κ2) is 13.7. The molecule has 1 saturated heterocycles. The van der Waals surface area contributed by atoms with Gasteiger partial charge in [0.05, 0.1) is 18.7 Å². The van der Waals surface area contributed by atoms with Gasteiger partial charge in [0, 0.05) is 36.8 Å². The van der Waals surface area contributed by atoms with E-state index in [2.05, 4.69) is 15.6 Å². The van der Waals surface area contributed by atoms with Crippen molar-refractivity contribution in [2.75, 3.05) is 13.7 Å². The van der Waals surface area contributed by atoms with Crippen molar-refractivity contribution in [3.63, 3.8) is 0 Å². The number of alkyl halides is 1. The van der Waals surface area contributed by atoms with Crippen LogP contribution in [0.15, 0.2) is 36.5 Å². The molecule has 3 fully saturated rings. The second-order valence-corrected chi connectivity index (χ2v) is 16.5. The summed E-state index contributed by atoms with van der Waals surface area (Å²) >= 11 is 6.40. The first-order valence-corrected chi connectivity index (χ1v) is 18.8. The molecule has 0 spiro atoms. The molecule has 1 aromatic carbocycles. The molecule has 6 rings (SSSR count). The summed E-state index contributed by atoms with van der Waals surface area (Å²) in [5.74, 6) is -2.86. The van der Waals surface area contributed by atoms with E-state index in [1.54, 1.807) is 31.2 Å². The van der Waals surface area contributed by atoms with Crippen molar-refractivity contribution < 1.29 is 46.6 Å². The highest BCUT2D eigenvalue weighted by Gasteiger charge is 2.64. The summed E-state index contributed by atoms with van der Waals surface area (Å²) in [5.41, 5.74) is -1.72. The summed E-state index contributed by atoms with van der Waals surface area (Å²) < 4.78 is 53.6. The van der Waals surface area contributed by atoms with E-state index in [9.17, 15) is 37.1 Å². The van der Waals surface area contributed by atoms with E-state index in [1.807, 2.05) is 17.7 Å². The van der Waals surface area contributed by atoms with Gasteiger partial charge in [0.1, 0.15) is 29.5 Å². The Morgan fingerprint density at radius 2 is 1.94 bits per heavy atom. The Morgan fingerprint density at radius 3 is 2.63 bits per heavy atom. The SMILES string of the molecule is COc1cc2ccnc(O[C@@H]3C[C@H]4C(=O)N[C@]5(C(=O)NS(=O)(=O)C6(F)CC6)C[C@H]5/C=C\CC[C@@H](C)C[C@@H](C)[C@H](NC(=O)O)C(=O)N4C3)c2cc1Cl. The molecule has 17 heteroatoms. The normalized spacial score (nSPS) is 31.2. The molecule has 4 aliphatic rings. The summed E-state index contributed by atoms with van der Waals surface area (Å²) in [6.07, 6.45) is 4.14. The average Bonchev–Trinajstić information content (AvgIpc) is 3.95. The third-order valence-corrected chi connectivity index (χ3v) is 12.4. The van der Waals surface area contributed by atoms with Gasteiger partial charge in [0.2, 0.25) is 22.7 Å². The molecular weight excluding hydrogens is 709 g/mol. The average molecular weight is 750 g/mol. The molecule has 14 nitrogen and oxygen atoms in total. The number of aromatic nitrogens is 1. The standard InChI is InChI=1S/C34H41ClFN5O9S/c1-18-6-4-5-7-21-16-34(21,31(44)40-51(47,48)33(36)9-10-33)39-28(42)25-14-22(17-41(25)30(43)27(19(2)12-18)38-32(45)46)50-29-23-15-24(35)26(49-3)13-20(23)8-11-37-29/h5,7-8,11,13,15,18-19,21-22,25,27,38H,4,6,9-10,12,14,16-17H2,1-3H3,(H,39,42)(H,40,44)(H,45,46)/b7-5-/t18-,19-,21-,22-,25+,27+,34-/m1/s1. The van der Waals surface area contributed by atoms with E-state index in [0.29, 0.717) is 40.8 Å². The number of rotatable bonds is 7. The summed E-state index contributed by atoms with van der Waals surface area (Å²) in [4.78, 5) is 59.7. The van der Waals surface area contributed by atoms with Gasteiger partial charge in [-0.15, -0.1) is 0 Å². The number of pyridine rings is 1. The van der Waals surface area contributed by atoms with Gasteiger partial charge in [-0.3, -0.25) is 14.4 Å². The molecule has 0 bridgehead atoms. The third kappa shape index (κ3) is 7.30. The molecule has 2 aliphatic carbocycles. The smallest absolute Gasteiger partial charge is 0.405 e. The van der Waals surface area contributed by atoms with Crippen molar-refractivity contribution in [3.8, 4) is 11.6 Å². The Morgan fingerprint density at radius 1 is 1.20 bits per heavy atom. The van der Waals surface area contributed by atoms with Crippen molar-refractivity contribution in [1.82, 2.24) is 25.2 Å². The van der Waals surface area contributed by atoms with Crippen LogP contribution in [-0.4, -0.2) is 89.6 Å². The molecule has 2 aliphatic heterocycles. The summed E-state index contributed by atoms with van der Waals surface area (Å²) in [7, 11) is -3.19. The maximum atomic E-state index is 14.7. The number of carbonyl (C=O) groups is 4. The van der Waals surface area contributed by atoms with Gasteiger partial charge >= 0.3 is 6.09 Å². The number of ether oxygens (including phenoxy) is 2. The molecule has 2 saturated carbocycles. The van der Waals surface area contributed by atoms with Crippen LogP contribution in [0.4, 0.5) is 9.18 Å². The number of hydrogen-bond donors (Lipinski definition) is 4. The molecule has 0 radical (unpaired) electrons. The van der Waals surface area contributed by atoms with Crippen LogP contribution >= 0.6 is 11.6 Å². The number of benzene rings is 1. The number of hydrogen-bond acceptors (Lipinski definition) is 9. The Kier molecular flexibility index (Phi) is 9.87. The highest BCUT2D eigenvalue weighted by atomic mass is 35.5. The van der Waals surface area contributed by atoms with Crippen molar-refractivity contribution in [3.05, 3.63) is 41.6 Å². The van der Waals surface area contributed by atoms with E-state index in [1.165, 1.54) is 18.2 Å². The number of carbonyl (C=O) groups excluding carboxylic acids is 3. The summed E-state index contributed by atoms with van der Waals surface area (Å²) in [5, 5.41) is 13.8. The second-order valence-electron chi connectivity index (χ2n) is 14.1. The first-order chi connectivity index (χ1) is 24.1. The third-order valence-electron chi connectivity index (χ3n) is 10.3. The van der Waals surface area contributed by atoms with Crippen LogP contribution in [0.25, 0.3) is 10.8 Å². The van der Waals surface area contributed by atoms with Gasteiger partial charge in [0.15, 0.2) is 0 Å². The lowest BCUT2D eigenvalue weighted by Crippen LogP contribution is -2.59. The first kappa shape index (κ1) is 36.6. The van der Waals surface area contributed by atoms with Crippen LogP contribution in [-0.2, 0) is 24.4 Å². The minimum absolute atomic E-state index is 0.0520. The van der Waals surface area contributed by atoms with Crippen molar-refractivity contribution in [1.29, 1.82) is 0 Å². The lowest BCUT2D eigenvalue weighted by Gasteiger charge is -2.32. The Bertz CT molecular complexity index is 1890. The van der Waals surface area contributed by atoms with Gasteiger partial charge in [-0.1, -0.05) is 37.6 Å². The Balaban J connectivity index is 1.34. The highest BCUT2D eigenvalue weighted by Crippen LogP contribution is 2.48. The minimum atomic E-state index is -4.67. The molecule has 7 atom stereocenters. The molecule has 276 valence electrons. The first-order valence-electron chi connectivity index (χ1n) is 16.9. The molecular formula is C34H41ClFN5O9S. The topological polar surface area (TPSA) is 193 Å². The Labute approximate surface area is 299 Å². The van der Waals surface area contributed by atoms with E-state index in [0.717, 1.165) is 0 Å². The van der Waals surface area contributed by atoms with Gasteiger partial charge in [-0.25, -0.2) is 27.3 Å². The van der Waals surface area contributed by atoms with Crippen molar-refractivity contribution in [2.24, 2.45) is 17.8 Å². The van der Waals surface area contributed by atoms with Crippen molar-refractivity contribution in [2.45, 2.75) is 87.5 Å². The highest BCUT2D eigenvalue weighted by molar-refractivity contribution is 7.91. The Hall–Kier alpha value is -4.18. The van der Waals surface area contributed by atoms with Crippen LogP contribution in [0.1, 0.15) is 58.8 Å². The summed E-state index contributed by atoms with van der Waals surface area (Å²) in [6, 6.07) is 2.61. The minimum Gasteiger partial charge on any atom is -0.495 e. The fourth-order valence-corrected chi connectivity index (χ4v) is 8.67. The number of amides is 4. The lowest BCUT2D eigenvalue weighted by molar-refractivity contribution is -0.142. The van der Waals surface area contributed by atoms with E-state index in [-0.39, 0.29) is 44.0 Å². The molecule has 51 heavy (non-hydrogen) atoms.